The van der Waals surface area contributed by atoms with Gasteiger partial charge in [-0.3, -0.25) is 9.38 Å². The highest BCUT2D eigenvalue weighted by Crippen LogP contribution is 2.40. The van der Waals surface area contributed by atoms with Crippen LogP contribution >= 0.6 is 0 Å². The largest absolute Gasteiger partial charge is 0.472 e. The minimum absolute atomic E-state index is 0.114. The van der Waals surface area contributed by atoms with Gasteiger partial charge in [-0.1, -0.05) is 0 Å². The van der Waals surface area contributed by atoms with Crippen molar-refractivity contribution in [2.24, 2.45) is 0 Å². The SMILES string of the molecule is Fc1cc(-c2cn3c(C(F)F)nnc3cn2)cnc1OC1CC(F)(F)C1. The Bertz CT molecular complexity index is 968. The van der Waals surface area contributed by atoms with Gasteiger partial charge in [-0.2, -0.15) is 0 Å². The standard InChI is InChI=1S/C15H10F5N5O/c16-9-1-7(4-22-14(9)26-8-2-15(19,20)3-8)10-6-25-11(5-21-10)23-24-13(25)12(17)18/h1,4-6,8,12H,2-3H2. The Hall–Kier alpha value is -2.85. The van der Waals surface area contributed by atoms with E-state index in [2.05, 4.69) is 20.2 Å². The third-order valence-electron chi connectivity index (χ3n) is 3.95. The number of halogens is 5. The second kappa shape index (κ2) is 5.85. The van der Waals surface area contributed by atoms with Crippen molar-refractivity contribution < 1.29 is 26.7 Å². The first-order chi connectivity index (χ1) is 12.3. The lowest BCUT2D eigenvalue weighted by atomic mass is 9.91. The van der Waals surface area contributed by atoms with Crippen molar-refractivity contribution in [1.82, 2.24) is 24.6 Å². The lowest BCUT2D eigenvalue weighted by Crippen LogP contribution is -2.43. The number of pyridine rings is 1. The minimum Gasteiger partial charge on any atom is -0.472 e. The summed E-state index contributed by atoms with van der Waals surface area (Å²) in [6.07, 6.45) is -0.941. The Kier molecular flexibility index (Phi) is 3.74. The summed E-state index contributed by atoms with van der Waals surface area (Å²) in [7, 11) is 0. The Morgan fingerprint density at radius 2 is 1.92 bits per heavy atom. The van der Waals surface area contributed by atoms with Crippen LogP contribution in [0.1, 0.15) is 25.1 Å². The highest BCUT2D eigenvalue weighted by atomic mass is 19.3. The summed E-state index contributed by atoms with van der Waals surface area (Å²) in [6.45, 7) is 0. The summed E-state index contributed by atoms with van der Waals surface area (Å²) >= 11 is 0. The highest BCUT2D eigenvalue weighted by Gasteiger charge is 2.47. The third-order valence-corrected chi connectivity index (χ3v) is 3.95. The predicted octanol–water partition coefficient (Wildman–Crippen LogP) is 3.44. The third kappa shape index (κ3) is 2.93. The minimum atomic E-state index is -2.84. The van der Waals surface area contributed by atoms with Gasteiger partial charge in [-0.15, -0.1) is 10.2 Å². The van der Waals surface area contributed by atoms with Gasteiger partial charge < -0.3 is 4.74 Å². The van der Waals surface area contributed by atoms with Crippen molar-refractivity contribution in [2.45, 2.75) is 31.3 Å². The molecule has 0 unspecified atom stereocenters. The number of ether oxygens (including phenoxy) is 1. The van der Waals surface area contributed by atoms with Crippen LogP contribution in [0.15, 0.2) is 24.7 Å². The summed E-state index contributed by atoms with van der Waals surface area (Å²) in [5.41, 5.74) is 0.472. The Balaban J connectivity index is 1.61. The predicted molar refractivity (Wildman–Crippen MR) is 77.5 cm³/mol. The summed E-state index contributed by atoms with van der Waals surface area (Å²) < 4.78 is 71.7. The fourth-order valence-corrected chi connectivity index (χ4v) is 2.62. The fourth-order valence-electron chi connectivity index (χ4n) is 2.62. The first kappa shape index (κ1) is 16.6. The molecule has 6 nitrogen and oxygen atoms in total. The van der Waals surface area contributed by atoms with E-state index in [9.17, 15) is 22.0 Å². The van der Waals surface area contributed by atoms with Gasteiger partial charge in [0.25, 0.3) is 18.2 Å². The average molecular weight is 371 g/mol. The molecule has 1 aliphatic carbocycles. The van der Waals surface area contributed by atoms with Gasteiger partial charge in [-0.25, -0.2) is 26.9 Å². The van der Waals surface area contributed by atoms with Gasteiger partial charge >= 0.3 is 0 Å². The first-order valence-corrected chi connectivity index (χ1v) is 7.52. The van der Waals surface area contributed by atoms with Crippen LogP contribution < -0.4 is 4.74 Å². The molecule has 0 aliphatic heterocycles. The quantitative estimate of drug-likeness (QED) is 0.658. The van der Waals surface area contributed by atoms with Gasteiger partial charge in [0.1, 0.15) is 6.10 Å². The first-order valence-electron chi connectivity index (χ1n) is 7.52. The number of rotatable bonds is 4. The summed E-state index contributed by atoms with van der Waals surface area (Å²) in [4.78, 5) is 7.79. The lowest BCUT2D eigenvalue weighted by Gasteiger charge is -2.34. The molecule has 0 amide bonds. The molecule has 0 aromatic carbocycles. The van der Waals surface area contributed by atoms with Crippen LogP contribution in [-0.2, 0) is 0 Å². The zero-order valence-corrected chi connectivity index (χ0v) is 12.9. The number of alkyl halides is 4. The molecular formula is C15H10F5N5O. The van der Waals surface area contributed by atoms with Crippen LogP contribution in [0.4, 0.5) is 22.0 Å². The molecule has 0 radical (unpaired) electrons. The molecule has 1 saturated carbocycles. The topological polar surface area (TPSA) is 65.2 Å². The van der Waals surface area contributed by atoms with E-state index >= 15 is 0 Å². The highest BCUT2D eigenvalue weighted by molar-refractivity contribution is 5.59. The van der Waals surface area contributed by atoms with Crippen LogP contribution in [-0.4, -0.2) is 36.6 Å². The molecule has 0 bridgehead atoms. The molecule has 0 spiro atoms. The number of aromatic nitrogens is 5. The number of hydrogen-bond donors (Lipinski definition) is 0. The van der Waals surface area contributed by atoms with Gasteiger partial charge in [0, 0.05) is 30.8 Å². The summed E-state index contributed by atoms with van der Waals surface area (Å²) in [5, 5.41) is 6.94. The molecule has 11 heteroatoms. The molecule has 0 N–H and O–H groups in total. The van der Waals surface area contributed by atoms with Crippen molar-refractivity contribution in [3.05, 3.63) is 36.3 Å². The second-order valence-electron chi connectivity index (χ2n) is 5.87. The Morgan fingerprint density at radius 1 is 1.15 bits per heavy atom. The van der Waals surface area contributed by atoms with E-state index in [-0.39, 0.29) is 16.9 Å². The van der Waals surface area contributed by atoms with E-state index < -0.39 is 48.8 Å². The molecular weight excluding hydrogens is 361 g/mol. The van der Waals surface area contributed by atoms with Crippen LogP contribution in [0.5, 0.6) is 5.88 Å². The average Bonchev–Trinajstić information content (AvgIpc) is 2.98. The van der Waals surface area contributed by atoms with Gasteiger partial charge in [0.15, 0.2) is 11.5 Å². The van der Waals surface area contributed by atoms with Crippen molar-refractivity contribution in [1.29, 1.82) is 0 Å². The van der Waals surface area contributed by atoms with Crippen LogP contribution in [0.25, 0.3) is 16.9 Å². The second-order valence-corrected chi connectivity index (χ2v) is 5.87. The normalized spacial score (nSPS) is 16.8. The molecule has 0 atom stereocenters. The number of fused-ring (bicyclic) bond motifs is 1. The van der Waals surface area contributed by atoms with E-state index in [0.29, 0.717) is 0 Å². The maximum Gasteiger partial charge on any atom is 0.297 e. The summed E-state index contributed by atoms with van der Waals surface area (Å²) in [6, 6.07) is 1.04. The molecule has 1 aliphatic rings. The molecule has 0 saturated heterocycles. The Labute approximate surface area is 142 Å². The molecule has 3 heterocycles. The molecule has 136 valence electrons. The molecule has 26 heavy (non-hydrogen) atoms. The maximum absolute atomic E-state index is 14.2. The molecule has 1 fully saturated rings. The van der Waals surface area contributed by atoms with Crippen molar-refractivity contribution in [2.75, 3.05) is 0 Å². The van der Waals surface area contributed by atoms with Crippen LogP contribution in [0, 0.1) is 5.82 Å². The smallest absolute Gasteiger partial charge is 0.297 e. The van der Waals surface area contributed by atoms with Gasteiger partial charge in [0.05, 0.1) is 11.9 Å². The van der Waals surface area contributed by atoms with Crippen molar-refractivity contribution in [3.63, 3.8) is 0 Å². The molecule has 4 rings (SSSR count). The monoisotopic (exact) mass is 371 g/mol. The summed E-state index contributed by atoms with van der Waals surface area (Å²) in [5.74, 6) is -4.62. The van der Waals surface area contributed by atoms with E-state index in [1.165, 1.54) is 18.6 Å². The van der Waals surface area contributed by atoms with E-state index in [1.807, 2.05) is 0 Å². The van der Waals surface area contributed by atoms with Gasteiger partial charge in [-0.05, 0) is 6.07 Å². The van der Waals surface area contributed by atoms with Gasteiger partial charge in [0.2, 0.25) is 5.82 Å². The maximum atomic E-state index is 14.2. The number of hydrogen-bond acceptors (Lipinski definition) is 5. The fraction of sp³-hybridized carbons (Fsp3) is 0.333. The lowest BCUT2D eigenvalue weighted by molar-refractivity contribution is -0.136. The van der Waals surface area contributed by atoms with Crippen LogP contribution in [0.3, 0.4) is 0 Å². The zero-order chi connectivity index (χ0) is 18.5. The van der Waals surface area contributed by atoms with E-state index in [0.717, 1.165) is 10.5 Å². The van der Waals surface area contributed by atoms with Crippen LogP contribution in [0.2, 0.25) is 0 Å². The molecule has 3 aromatic heterocycles. The van der Waals surface area contributed by atoms with E-state index in [4.69, 9.17) is 4.74 Å². The zero-order valence-electron chi connectivity index (χ0n) is 12.9. The van der Waals surface area contributed by atoms with Crippen molar-refractivity contribution in [3.8, 4) is 17.1 Å². The molecule has 3 aromatic rings. The van der Waals surface area contributed by atoms with Crippen molar-refractivity contribution >= 4 is 5.65 Å². The Morgan fingerprint density at radius 3 is 2.58 bits per heavy atom. The van der Waals surface area contributed by atoms with E-state index in [1.54, 1.807) is 0 Å². The number of nitrogens with zero attached hydrogens (tertiary/aromatic N) is 5.